The van der Waals surface area contributed by atoms with Gasteiger partial charge in [-0.25, -0.2) is 15.0 Å². The number of nitrogen functional groups attached to an aromatic ring is 1. The maximum Gasteiger partial charge on any atom is 0.219 e. The molecule has 0 radical (unpaired) electrons. The van der Waals surface area contributed by atoms with Crippen molar-refractivity contribution in [2.24, 2.45) is 0 Å². The topological polar surface area (TPSA) is 85.0 Å². The highest BCUT2D eigenvalue weighted by molar-refractivity contribution is 7.85. The molecule has 1 aliphatic heterocycles. The van der Waals surface area contributed by atoms with Gasteiger partial charge in [0.15, 0.2) is 0 Å². The first-order valence-corrected chi connectivity index (χ1v) is 10.2. The number of hydrogen-bond donors (Lipinski definition) is 1. The molecule has 3 aromatic rings. The van der Waals surface area contributed by atoms with E-state index in [1.165, 1.54) is 5.69 Å². The monoisotopic (exact) mass is 371 g/mol. The molecule has 1 fully saturated rings. The van der Waals surface area contributed by atoms with Crippen molar-refractivity contribution in [2.75, 3.05) is 35.2 Å². The third kappa shape index (κ3) is 3.54. The van der Waals surface area contributed by atoms with E-state index in [-0.39, 0.29) is 5.95 Å². The summed E-state index contributed by atoms with van der Waals surface area (Å²) in [7, 11) is -0.652. The fourth-order valence-electron chi connectivity index (χ4n) is 2.72. The van der Waals surface area contributed by atoms with Crippen molar-refractivity contribution in [3.8, 4) is 21.0 Å². The third-order valence-electron chi connectivity index (χ3n) is 4.12. The number of rotatable bonds is 3. The van der Waals surface area contributed by atoms with Crippen molar-refractivity contribution in [1.82, 2.24) is 15.0 Å². The molecule has 1 aromatic carbocycles. The van der Waals surface area contributed by atoms with Crippen LogP contribution >= 0.6 is 11.3 Å². The summed E-state index contributed by atoms with van der Waals surface area (Å²) in [6.07, 6.45) is 5.25. The van der Waals surface area contributed by atoms with Crippen LogP contribution in [-0.2, 0) is 10.8 Å². The molecule has 1 saturated heterocycles. The van der Waals surface area contributed by atoms with Crippen molar-refractivity contribution in [3.63, 3.8) is 0 Å². The standard InChI is InChI=1S/C17H17N5OS2/c18-17-20-9-13(10-21-17)16-19-11-15(24-16)12-1-3-14(4-2-12)22-5-7-25(23)8-6-22/h1-4,9-11H,5-8H2,(H2,18,20,21). The first kappa shape index (κ1) is 16.2. The molecule has 1 aliphatic rings. The van der Waals surface area contributed by atoms with Gasteiger partial charge in [0, 0.05) is 65.2 Å². The van der Waals surface area contributed by atoms with Gasteiger partial charge in [-0.05, 0) is 17.7 Å². The smallest absolute Gasteiger partial charge is 0.219 e. The fraction of sp³-hybridized carbons (Fsp3) is 0.235. The predicted molar refractivity (Wildman–Crippen MR) is 103 cm³/mol. The molecule has 2 N–H and O–H groups in total. The Morgan fingerprint density at radius 1 is 0.960 bits per heavy atom. The number of nitrogens with two attached hydrogens (primary N) is 1. The summed E-state index contributed by atoms with van der Waals surface area (Å²) in [6, 6.07) is 8.46. The Morgan fingerprint density at radius 2 is 1.64 bits per heavy atom. The van der Waals surface area contributed by atoms with Crippen LogP contribution in [0.2, 0.25) is 0 Å². The van der Waals surface area contributed by atoms with Crippen molar-refractivity contribution in [1.29, 1.82) is 0 Å². The highest BCUT2D eigenvalue weighted by Gasteiger charge is 2.15. The van der Waals surface area contributed by atoms with Gasteiger partial charge in [-0.15, -0.1) is 11.3 Å². The van der Waals surface area contributed by atoms with E-state index >= 15 is 0 Å². The molecular weight excluding hydrogens is 354 g/mol. The van der Waals surface area contributed by atoms with Crippen LogP contribution in [0.4, 0.5) is 11.6 Å². The molecule has 0 unspecified atom stereocenters. The number of aromatic nitrogens is 3. The van der Waals surface area contributed by atoms with E-state index in [2.05, 4.69) is 44.1 Å². The van der Waals surface area contributed by atoms with Gasteiger partial charge in [0.05, 0.1) is 4.88 Å². The van der Waals surface area contributed by atoms with Gasteiger partial charge < -0.3 is 10.6 Å². The lowest BCUT2D eigenvalue weighted by molar-refractivity contribution is 0.673. The SMILES string of the molecule is Nc1ncc(-c2ncc(-c3ccc(N4CCS(=O)CC4)cc3)s2)cn1. The van der Waals surface area contributed by atoms with Gasteiger partial charge in [0.25, 0.3) is 0 Å². The maximum atomic E-state index is 11.5. The highest BCUT2D eigenvalue weighted by Crippen LogP contribution is 2.32. The molecule has 0 saturated carbocycles. The molecule has 0 atom stereocenters. The number of thiazole rings is 1. The summed E-state index contributed by atoms with van der Waals surface area (Å²) in [5.74, 6) is 1.77. The lowest BCUT2D eigenvalue weighted by atomic mass is 10.2. The van der Waals surface area contributed by atoms with Gasteiger partial charge in [0.2, 0.25) is 5.95 Å². The average molecular weight is 371 g/mol. The number of anilines is 2. The summed E-state index contributed by atoms with van der Waals surface area (Å²) in [5, 5.41) is 0.873. The molecule has 128 valence electrons. The zero-order valence-corrected chi connectivity index (χ0v) is 15.1. The molecule has 6 nitrogen and oxygen atoms in total. The Kier molecular flexibility index (Phi) is 4.46. The van der Waals surface area contributed by atoms with E-state index in [0.29, 0.717) is 0 Å². The Hall–Kier alpha value is -2.32. The summed E-state index contributed by atoms with van der Waals surface area (Å²) >= 11 is 1.60. The van der Waals surface area contributed by atoms with E-state index in [1.54, 1.807) is 23.7 Å². The Bertz CT molecular complexity index is 882. The molecule has 0 spiro atoms. The quantitative estimate of drug-likeness (QED) is 0.761. The first-order chi connectivity index (χ1) is 12.2. The molecule has 0 amide bonds. The van der Waals surface area contributed by atoms with Crippen LogP contribution in [0.5, 0.6) is 0 Å². The van der Waals surface area contributed by atoms with Crippen LogP contribution in [0.1, 0.15) is 0 Å². The van der Waals surface area contributed by atoms with Crippen LogP contribution in [0.25, 0.3) is 21.0 Å². The van der Waals surface area contributed by atoms with E-state index in [4.69, 9.17) is 5.73 Å². The van der Waals surface area contributed by atoms with Crippen molar-refractivity contribution >= 4 is 33.8 Å². The number of benzene rings is 1. The zero-order valence-electron chi connectivity index (χ0n) is 13.5. The zero-order chi connectivity index (χ0) is 17.2. The molecule has 8 heteroatoms. The van der Waals surface area contributed by atoms with Crippen LogP contribution < -0.4 is 10.6 Å². The molecule has 3 heterocycles. The maximum absolute atomic E-state index is 11.5. The first-order valence-electron chi connectivity index (χ1n) is 7.93. The average Bonchev–Trinajstić information content (AvgIpc) is 3.13. The van der Waals surface area contributed by atoms with Crippen LogP contribution in [0.3, 0.4) is 0 Å². The van der Waals surface area contributed by atoms with E-state index < -0.39 is 10.8 Å². The van der Waals surface area contributed by atoms with Gasteiger partial charge in [0.1, 0.15) is 5.01 Å². The molecular formula is C17H17N5OS2. The van der Waals surface area contributed by atoms with Gasteiger partial charge >= 0.3 is 0 Å². The molecule has 0 bridgehead atoms. The Morgan fingerprint density at radius 3 is 2.32 bits per heavy atom. The third-order valence-corrected chi connectivity index (χ3v) is 6.49. The van der Waals surface area contributed by atoms with Crippen LogP contribution in [0, 0.1) is 0 Å². The van der Waals surface area contributed by atoms with Gasteiger partial charge in [-0.1, -0.05) is 12.1 Å². The Balaban J connectivity index is 1.52. The van der Waals surface area contributed by atoms with E-state index in [1.807, 2.05) is 6.20 Å². The summed E-state index contributed by atoms with van der Waals surface area (Å²) in [4.78, 5) is 15.9. The number of hydrogen-bond acceptors (Lipinski definition) is 7. The van der Waals surface area contributed by atoms with Crippen molar-refractivity contribution in [3.05, 3.63) is 42.9 Å². The largest absolute Gasteiger partial charge is 0.370 e. The minimum absolute atomic E-state index is 0.262. The summed E-state index contributed by atoms with van der Waals surface area (Å²) < 4.78 is 11.5. The molecule has 2 aromatic heterocycles. The summed E-state index contributed by atoms with van der Waals surface area (Å²) in [5.41, 5.74) is 8.70. The van der Waals surface area contributed by atoms with Crippen molar-refractivity contribution in [2.45, 2.75) is 0 Å². The van der Waals surface area contributed by atoms with Crippen LogP contribution in [-0.4, -0.2) is 43.8 Å². The molecule has 0 aliphatic carbocycles. The second kappa shape index (κ2) is 6.89. The number of nitrogens with zero attached hydrogens (tertiary/aromatic N) is 4. The minimum atomic E-state index is -0.652. The van der Waals surface area contributed by atoms with Crippen LogP contribution in [0.15, 0.2) is 42.9 Å². The molecule has 25 heavy (non-hydrogen) atoms. The fourth-order valence-corrected chi connectivity index (χ4v) is 4.67. The molecule has 4 rings (SSSR count). The predicted octanol–water partition coefficient (Wildman–Crippen LogP) is 2.42. The lowest BCUT2D eigenvalue weighted by Crippen LogP contribution is -2.37. The normalized spacial score (nSPS) is 15.4. The highest BCUT2D eigenvalue weighted by atomic mass is 32.2. The Labute approximate surface area is 152 Å². The lowest BCUT2D eigenvalue weighted by Gasteiger charge is -2.28. The van der Waals surface area contributed by atoms with E-state index in [9.17, 15) is 4.21 Å². The van der Waals surface area contributed by atoms with E-state index in [0.717, 1.165) is 45.6 Å². The second-order valence-electron chi connectivity index (χ2n) is 5.74. The second-order valence-corrected chi connectivity index (χ2v) is 8.47. The van der Waals surface area contributed by atoms with Gasteiger partial charge in [-0.3, -0.25) is 4.21 Å². The van der Waals surface area contributed by atoms with Gasteiger partial charge in [-0.2, -0.15) is 0 Å². The minimum Gasteiger partial charge on any atom is -0.370 e. The summed E-state index contributed by atoms with van der Waals surface area (Å²) in [6.45, 7) is 1.71. The van der Waals surface area contributed by atoms with Crippen molar-refractivity contribution < 1.29 is 4.21 Å².